The second kappa shape index (κ2) is 14.9. The van der Waals surface area contributed by atoms with Crippen molar-refractivity contribution in [1.82, 2.24) is 0 Å². The summed E-state index contributed by atoms with van der Waals surface area (Å²) in [6.07, 6.45) is 0.120. The Labute approximate surface area is 191 Å². The van der Waals surface area contributed by atoms with Gasteiger partial charge in [0, 0.05) is 0 Å². The molecule has 0 atom stereocenters. The summed E-state index contributed by atoms with van der Waals surface area (Å²) in [7, 11) is 1.50. The minimum Gasteiger partial charge on any atom is -0.168 e. The quantitative estimate of drug-likeness (QED) is 0.247. The minimum atomic E-state index is 0.120. The molecule has 5 rings (SSSR count). The number of rotatable bonds is 0. The van der Waals surface area contributed by atoms with Crippen molar-refractivity contribution in [3.05, 3.63) is 97.1 Å². The Kier molecular flexibility index (Phi) is 12.9. The largest absolute Gasteiger partial charge is 0.168 e. The van der Waals surface area contributed by atoms with E-state index in [1.807, 2.05) is 0 Å². The SMILES string of the molecule is C[O-].C[O-].C[Si](C)=[Ti+2].c1ccc2[cH-]ccc2c1.c1ccc2c(c1)[cH-]c1ccccc12. The van der Waals surface area contributed by atoms with Crippen LogP contribution in [0.5, 0.6) is 0 Å². The number of fused-ring (bicyclic) bond motifs is 4. The van der Waals surface area contributed by atoms with Gasteiger partial charge in [-0.15, -0.1) is 69.4 Å². The third-order valence-corrected chi connectivity index (χ3v) is 4.07. The van der Waals surface area contributed by atoms with Crippen LogP contribution in [0.1, 0.15) is 0 Å². The van der Waals surface area contributed by atoms with Crippen molar-refractivity contribution in [1.29, 1.82) is 0 Å². The average molecular weight is 448 g/mol. The van der Waals surface area contributed by atoms with Gasteiger partial charge in [0.05, 0.1) is 0 Å². The summed E-state index contributed by atoms with van der Waals surface area (Å²) < 4.78 is 0. The van der Waals surface area contributed by atoms with E-state index in [1.165, 1.54) is 32.3 Å². The molecule has 0 fully saturated rings. The molecule has 0 aliphatic heterocycles. The summed E-state index contributed by atoms with van der Waals surface area (Å²) in [6, 6.07) is 33.9. The van der Waals surface area contributed by atoms with Gasteiger partial charge in [-0.3, -0.25) is 0 Å². The molecule has 0 spiro atoms. The predicted octanol–water partition coefficient (Wildman–Crippen LogP) is 5.01. The molecule has 0 unspecified atom stereocenters. The second-order valence-corrected chi connectivity index (χ2v) is 13.2. The molecule has 0 aliphatic rings. The molecule has 0 aliphatic carbocycles. The number of hydrogen-bond donors (Lipinski definition) is 0. The van der Waals surface area contributed by atoms with E-state index < -0.39 is 0 Å². The van der Waals surface area contributed by atoms with Gasteiger partial charge < -0.3 is 10.2 Å². The first-order chi connectivity index (χ1) is 14.6. The van der Waals surface area contributed by atoms with Gasteiger partial charge in [0.25, 0.3) is 0 Å². The van der Waals surface area contributed by atoms with E-state index in [1.54, 1.807) is 0 Å². The first-order valence-corrected chi connectivity index (χ1v) is 14.5. The van der Waals surface area contributed by atoms with E-state index in [0.29, 0.717) is 0 Å². The van der Waals surface area contributed by atoms with Crippen LogP contribution in [-0.2, 0) is 19.2 Å². The zero-order valence-electron chi connectivity index (χ0n) is 18.1. The van der Waals surface area contributed by atoms with E-state index in [-0.39, 0.29) is 6.19 Å². The molecule has 4 heteroatoms. The predicted molar refractivity (Wildman–Crippen MR) is 126 cm³/mol. The maximum absolute atomic E-state index is 8.25. The van der Waals surface area contributed by atoms with Crippen molar-refractivity contribution < 1.29 is 29.4 Å². The Morgan fingerprint density at radius 1 is 0.633 bits per heavy atom. The number of benzene rings is 3. The van der Waals surface area contributed by atoms with Gasteiger partial charge in [-0.1, -0.05) is 42.5 Å². The smallest absolute Gasteiger partial charge is 0.0771 e. The summed E-state index contributed by atoms with van der Waals surface area (Å²) in [5.41, 5.74) is 0. The summed E-state index contributed by atoms with van der Waals surface area (Å²) in [4.78, 5) is 0. The zero-order chi connectivity index (χ0) is 22.4. The monoisotopic (exact) mass is 448 g/mol. The van der Waals surface area contributed by atoms with Gasteiger partial charge in [0.15, 0.2) is 0 Å². The van der Waals surface area contributed by atoms with Gasteiger partial charge >= 0.3 is 38.5 Å². The van der Waals surface area contributed by atoms with Crippen molar-refractivity contribution in [2.45, 2.75) is 13.1 Å². The van der Waals surface area contributed by atoms with Gasteiger partial charge in [-0.25, -0.2) is 0 Å². The van der Waals surface area contributed by atoms with Gasteiger partial charge in [0.2, 0.25) is 0 Å². The molecule has 0 amide bonds. The normalized spacial score (nSPS) is 9.20. The van der Waals surface area contributed by atoms with E-state index in [2.05, 4.69) is 129 Å². The van der Waals surface area contributed by atoms with Crippen molar-refractivity contribution in [3.8, 4) is 0 Å². The van der Waals surface area contributed by atoms with Crippen molar-refractivity contribution in [2.24, 2.45) is 0 Å². The molecular weight excluding hydrogens is 420 g/mol. The molecule has 0 saturated heterocycles. The molecule has 0 radical (unpaired) electrons. The number of hydrogen-bond acceptors (Lipinski definition) is 2. The van der Waals surface area contributed by atoms with Crippen molar-refractivity contribution in [3.63, 3.8) is 0 Å². The Bertz CT molecular complexity index is 1060. The zero-order valence-corrected chi connectivity index (χ0v) is 20.6. The molecule has 2 nitrogen and oxygen atoms in total. The average Bonchev–Trinajstić information content (AvgIpc) is 3.41. The minimum absolute atomic E-state index is 0.120. The fraction of sp³-hybridized carbons (Fsp3) is 0.154. The van der Waals surface area contributed by atoms with Crippen LogP contribution in [0.4, 0.5) is 0 Å². The van der Waals surface area contributed by atoms with Crippen LogP contribution in [0.15, 0.2) is 97.1 Å². The molecule has 5 aromatic rings. The summed E-state index contributed by atoms with van der Waals surface area (Å²) in [5.74, 6) is 0. The van der Waals surface area contributed by atoms with Crippen LogP contribution >= 0.6 is 0 Å². The molecule has 5 aromatic carbocycles. The molecule has 0 aromatic heterocycles. The Morgan fingerprint density at radius 2 is 1.03 bits per heavy atom. The molecule has 0 saturated carbocycles. The first-order valence-electron chi connectivity index (χ1n) is 9.62. The van der Waals surface area contributed by atoms with Crippen LogP contribution in [0.25, 0.3) is 32.3 Å². The molecule has 0 N–H and O–H groups in total. The van der Waals surface area contributed by atoms with Crippen LogP contribution in [0.2, 0.25) is 13.1 Å². The third-order valence-electron chi connectivity index (χ3n) is 4.07. The molecule has 30 heavy (non-hydrogen) atoms. The topological polar surface area (TPSA) is 46.1 Å². The van der Waals surface area contributed by atoms with Gasteiger partial charge in [0.1, 0.15) is 0 Å². The summed E-state index contributed by atoms with van der Waals surface area (Å²) in [6.45, 7) is 4.54. The summed E-state index contributed by atoms with van der Waals surface area (Å²) in [5, 5.41) is 24.6. The molecular formula is C26H28O2SiTi-2. The van der Waals surface area contributed by atoms with Crippen LogP contribution in [-0.4, -0.2) is 20.4 Å². The van der Waals surface area contributed by atoms with Crippen LogP contribution in [0.3, 0.4) is 0 Å². The third kappa shape index (κ3) is 8.02. The fourth-order valence-electron chi connectivity index (χ4n) is 2.97. The molecule has 0 heterocycles. The van der Waals surface area contributed by atoms with Crippen LogP contribution in [0, 0.1) is 0 Å². The Morgan fingerprint density at radius 3 is 1.50 bits per heavy atom. The molecule has 154 valence electrons. The molecule has 0 bridgehead atoms. The maximum atomic E-state index is 8.25. The fourth-order valence-corrected chi connectivity index (χ4v) is 2.97. The first kappa shape index (κ1) is 26.0. The van der Waals surface area contributed by atoms with E-state index in [9.17, 15) is 0 Å². The van der Waals surface area contributed by atoms with E-state index in [0.717, 1.165) is 14.2 Å². The maximum Gasteiger partial charge on any atom is -0.0771 e. The second-order valence-electron chi connectivity index (χ2n) is 6.47. The summed E-state index contributed by atoms with van der Waals surface area (Å²) >= 11 is 2.27. The Hall–Kier alpha value is -2.01. The Balaban J connectivity index is 0.000000232. The standard InChI is InChI=1S/C13H9.C9H7.C2H6Si.2CH3O.Ti/c1-3-7-12-10(5-1)9-11-6-2-4-8-13(11)12;1-2-5-9-7-3-6-8(9)4-1;1-3-2;2*1-2;/h1-9H;1-7H;1-2H3;2*1H3;/q2*-1;;2*-1;+2. The van der Waals surface area contributed by atoms with E-state index >= 15 is 0 Å². The van der Waals surface area contributed by atoms with Crippen molar-refractivity contribution in [2.75, 3.05) is 14.2 Å². The van der Waals surface area contributed by atoms with Crippen molar-refractivity contribution >= 4 is 38.5 Å². The van der Waals surface area contributed by atoms with Gasteiger partial charge in [-0.2, -0.15) is 31.7 Å². The van der Waals surface area contributed by atoms with E-state index in [4.69, 9.17) is 10.2 Å². The van der Waals surface area contributed by atoms with Gasteiger partial charge in [-0.05, 0) is 0 Å². The van der Waals surface area contributed by atoms with Crippen LogP contribution < -0.4 is 10.2 Å².